The molecule has 3 atom stereocenters. The highest BCUT2D eigenvalue weighted by Gasteiger charge is 2.39. The molecule has 1 unspecified atom stereocenters. The molecule has 0 spiro atoms. The summed E-state index contributed by atoms with van der Waals surface area (Å²) in [6.07, 6.45) is 0.495. The minimum atomic E-state index is -2.09. The summed E-state index contributed by atoms with van der Waals surface area (Å²) in [7, 11) is -2.44. The van der Waals surface area contributed by atoms with E-state index in [4.69, 9.17) is 33.4 Å². The Hall–Kier alpha value is -2.70. The van der Waals surface area contributed by atoms with Crippen LogP contribution in [0.2, 0.25) is 36.3 Å². The molecule has 14 heteroatoms. The normalized spacial score (nSPS) is 15.0. The van der Waals surface area contributed by atoms with E-state index in [0.29, 0.717) is 42.8 Å². The predicted molar refractivity (Wildman–Crippen MR) is 228 cm³/mol. The van der Waals surface area contributed by atoms with Gasteiger partial charge >= 0.3 is 0 Å². The summed E-state index contributed by atoms with van der Waals surface area (Å²) in [5.74, 6) is 1.25. The summed E-state index contributed by atoms with van der Waals surface area (Å²) in [5.41, 5.74) is 3.37. The van der Waals surface area contributed by atoms with Crippen molar-refractivity contribution >= 4 is 38.9 Å². The van der Waals surface area contributed by atoms with Crippen LogP contribution in [0.25, 0.3) is 28.0 Å². The van der Waals surface area contributed by atoms with Gasteiger partial charge in [0.2, 0.25) is 0 Å². The molecule has 55 heavy (non-hydrogen) atoms. The molecule has 4 rings (SSSR count). The molecular formula is C41H64FN5O5SSi2. The predicted octanol–water partition coefficient (Wildman–Crippen LogP) is 9.87. The number of hydrogen-bond donors (Lipinski definition) is 1. The molecule has 1 aromatic carbocycles. The number of ether oxygens (including phenoxy) is 2. The van der Waals surface area contributed by atoms with Crippen molar-refractivity contribution in [1.29, 1.82) is 0 Å². The Balaban J connectivity index is 1.74. The van der Waals surface area contributed by atoms with Crippen LogP contribution >= 0.6 is 0 Å². The van der Waals surface area contributed by atoms with Crippen molar-refractivity contribution in [2.24, 2.45) is 0 Å². The van der Waals surface area contributed by atoms with Gasteiger partial charge < -0.3 is 22.9 Å². The highest BCUT2D eigenvalue weighted by atomic mass is 32.2. The first kappa shape index (κ1) is 45.0. The van der Waals surface area contributed by atoms with Crippen LogP contribution in [-0.4, -0.2) is 78.8 Å². The molecule has 304 valence electrons. The molecule has 4 aromatic rings. The third-order valence-electron chi connectivity index (χ3n) is 10.8. The molecule has 3 heterocycles. The third-order valence-corrected chi connectivity index (χ3v) is 21.4. The lowest BCUT2D eigenvalue weighted by Gasteiger charge is -2.36. The number of rotatable bonds is 17. The maximum atomic E-state index is 16.4. The second-order valence-corrected chi connectivity index (χ2v) is 29.8. The summed E-state index contributed by atoms with van der Waals surface area (Å²) in [6.45, 7) is 28.9. The van der Waals surface area contributed by atoms with Gasteiger partial charge in [-0.2, -0.15) is 5.10 Å². The van der Waals surface area contributed by atoms with Gasteiger partial charge in [-0.05, 0) is 93.4 Å². The molecule has 0 radical (unpaired) electrons. The monoisotopic (exact) mass is 813 g/mol. The zero-order valence-corrected chi connectivity index (χ0v) is 38.3. The highest BCUT2D eigenvalue weighted by molar-refractivity contribution is 7.90. The lowest BCUT2D eigenvalue weighted by atomic mass is 10.0. The van der Waals surface area contributed by atoms with E-state index in [1.165, 1.54) is 0 Å². The molecule has 3 aromatic heterocycles. The van der Waals surface area contributed by atoms with Gasteiger partial charge in [0.05, 0.1) is 47.4 Å². The van der Waals surface area contributed by atoms with Crippen LogP contribution in [0.3, 0.4) is 0 Å². The molecule has 0 aliphatic carbocycles. The molecule has 0 fully saturated rings. The van der Waals surface area contributed by atoms with E-state index >= 15 is 4.39 Å². The van der Waals surface area contributed by atoms with Crippen LogP contribution in [0.5, 0.6) is 5.75 Å². The van der Waals surface area contributed by atoms with Crippen molar-refractivity contribution in [3.63, 3.8) is 0 Å². The smallest absolute Gasteiger partial charge is 0.192 e. The number of halogens is 1. The van der Waals surface area contributed by atoms with Crippen molar-refractivity contribution in [3.8, 4) is 22.8 Å². The van der Waals surface area contributed by atoms with E-state index in [1.807, 2.05) is 63.2 Å². The van der Waals surface area contributed by atoms with Crippen LogP contribution in [0.15, 0.2) is 54.7 Å². The second kappa shape index (κ2) is 17.8. The largest absolute Gasteiger partial charge is 0.598 e. The van der Waals surface area contributed by atoms with Gasteiger partial charge in [0.1, 0.15) is 29.3 Å². The molecule has 0 saturated carbocycles. The van der Waals surface area contributed by atoms with Crippen molar-refractivity contribution < 1.29 is 27.3 Å². The van der Waals surface area contributed by atoms with Crippen molar-refractivity contribution in [3.05, 3.63) is 66.1 Å². The van der Waals surface area contributed by atoms with Gasteiger partial charge in [0.25, 0.3) is 0 Å². The van der Waals surface area contributed by atoms with Gasteiger partial charge in [-0.1, -0.05) is 53.7 Å². The SMILES string of the molecule is COCCOc1cc(-c2cccc([C@H](N[S+]([O-])C(C)(C)C)[C@H](F)CCO[Si](C)(C)C(C)(C)C)n2)cc2c1cnn2-c1cccc(CO[Si](C)(C)C(C)(C)C)n1. The van der Waals surface area contributed by atoms with Crippen LogP contribution < -0.4 is 9.46 Å². The Bertz CT molecular complexity index is 1870. The maximum absolute atomic E-state index is 16.4. The minimum Gasteiger partial charge on any atom is -0.598 e. The van der Waals surface area contributed by atoms with Crippen LogP contribution in [-0.2, 0) is 31.6 Å². The number of methoxy groups -OCH3 is 1. The van der Waals surface area contributed by atoms with E-state index < -0.39 is 45.0 Å². The standard InChI is InChI=1S/C41H64FN5O5SSi2/c1-39(2,3)53(48)46-38(32(42)21-22-51-54(11,12)40(4,5)6)34-19-16-18-33(45-34)29-25-35-31(36(26-29)50-24-23-49-10)27-43-47(35)37-20-15-17-30(44-37)28-52-55(13,14)41(7,8)9/h15-20,25-27,32,38,46H,21-24,28H2,1-14H3/t32-,38-,53?/m1/s1. The zero-order valence-electron chi connectivity index (χ0n) is 35.5. The van der Waals surface area contributed by atoms with E-state index in [1.54, 1.807) is 24.1 Å². The summed E-state index contributed by atoms with van der Waals surface area (Å²) < 4.78 is 58.4. The van der Waals surface area contributed by atoms with Gasteiger partial charge in [-0.25, -0.2) is 14.1 Å². The molecular weight excluding hydrogens is 750 g/mol. The Morgan fingerprint density at radius 3 is 2.15 bits per heavy atom. The summed E-state index contributed by atoms with van der Waals surface area (Å²) in [5, 5.41) is 5.63. The Kier molecular flexibility index (Phi) is 14.6. The molecule has 1 N–H and O–H groups in total. The van der Waals surface area contributed by atoms with Crippen LogP contribution in [0, 0.1) is 0 Å². The third kappa shape index (κ3) is 11.5. The van der Waals surface area contributed by atoms with Crippen LogP contribution in [0.4, 0.5) is 4.39 Å². The van der Waals surface area contributed by atoms with E-state index in [2.05, 4.69) is 72.5 Å². The fraction of sp³-hybridized carbons (Fsp3) is 0.585. The molecule has 0 bridgehead atoms. The molecule has 0 aliphatic heterocycles. The Labute approximate surface area is 333 Å². The van der Waals surface area contributed by atoms with Crippen LogP contribution in [0.1, 0.15) is 86.2 Å². The lowest BCUT2D eigenvalue weighted by molar-refractivity contribution is 0.147. The number of nitrogens with zero attached hydrogens (tertiary/aromatic N) is 4. The summed E-state index contributed by atoms with van der Waals surface area (Å²) in [6, 6.07) is 14.3. The highest BCUT2D eigenvalue weighted by Crippen LogP contribution is 2.39. The fourth-order valence-corrected chi connectivity index (χ4v) is 7.98. The first-order valence-electron chi connectivity index (χ1n) is 19.1. The lowest BCUT2D eigenvalue weighted by Crippen LogP contribution is -2.45. The first-order chi connectivity index (χ1) is 25.4. The zero-order chi connectivity index (χ0) is 41.0. The van der Waals surface area contributed by atoms with Gasteiger partial charge in [0.15, 0.2) is 22.5 Å². The van der Waals surface area contributed by atoms with Crippen molar-refractivity contribution in [1.82, 2.24) is 24.5 Å². The topological polar surface area (TPSA) is 116 Å². The van der Waals surface area contributed by atoms with E-state index in [0.717, 1.165) is 22.2 Å². The number of nitrogens with one attached hydrogen (secondary N) is 1. The number of benzene rings is 1. The second-order valence-electron chi connectivity index (χ2n) is 18.2. The average Bonchev–Trinajstić information content (AvgIpc) is 3.53. The van der Waals surface area contributed by atoms with Gasteiger partial charge in [-0.3, -0.25) is 4.98 Å². The van der Waals surface area contributed by atoms with E-state index in [-0.39, 0.29) is 23.1 Å². The first-order valence-corrected chi connectivity index (χ1v) is 26.1. The average molecular weight is 814 g/mol. The van der Waals surface area contributed by atoms with Gasteiger partial charge in [-0.15, -0.1) is 4.72 Å². The van der Waals surface area contributed by atoms with Crippen molar-refractivity contribution in [2.75, 3.05) is 26.9 Å². The molecule has 0 aliphatic rings. The Morgan fingerprint density at radius 2 is 1.51 bits per heavy atom. The molecule has 10 nitrogen and oxygen atoms in total. The molecule has 0 saturated heterocycles. The van der Waals surface area contributed by atoms with Crippen molar-refractivity contribution in [2.45, 2.75) is 129 Å². The number of fused-ring (bicyclic) bond motifs is 1. The fourth-order valence-electron chi connectivity index (χ4n) is 5.12. The van der Waals surface area contributed by atoms with Gasteiger partial charge in [0, 0.05) is 37.1 Å². The number of pyridine rings is 2. The summed E-state index contributed by atoms with van der Waals surface area (Å²) >= 11 is -1.55. The Morgan fingerprint density at radius 1 is 0.855 bits per heavy atom. The minimum absolute atomic E-state index is 0.000647. The number of alkyl halides is 1. The number of aromatic nitrogens is 4. The summed E-state index contributed by atoms with van der Waals surface area (Å²) in [4.78, 5) is 9.95. The van der Waals surface area contributed by atoms with E-state index in [9.17, 15) is 4.55 Å². The maximum Gasteiger partial charge on any atom is 0.192 e. The number of hydrogen-bond acceptors (Lipinski definition) is 9. The molecule has 0 amide bonds. The quantitative estimate of drug-likeness (QED) is 0.0632.